The standard InChI is InChI=1S/C17H26N2O3/c1-5-14-9-7-8-10-15(14)22-12-17(21)19(6-2)11-16(20)18-13(3)4/h7-10,13H,5-6,11-12H2,1-4H3,(H,18,20). The average Bonchev–Trinajstić information content (AvgIpc) is 2.49. The molecule has 0 aliphatic rings. The van der Waals surface area contributed by atoms with Crippen molar-refractivity contribution in [2.45, 2.75) is 40.2 Å². The molecule has 5 heteroatoms. The van der Waals surface area contributed by atoms with Gasteiger partial charge in [0.2, 0.25) is 5.91 Å². The van der Waals surface area contributed by atoms with Crippen molar-refractivity contribution < 1.29 is 14.3 Å². The average molecular weight is 306 g/mol. The summed E-state index contributed by atoms with van der Waals surface area (Å²) in [5, 5.41) is 2.78. The Hall–Kier alpha value is -2.04. The summed E-state index contributed by atoms with van der Waals surface area (Å²) in [6, 6.07) is 7.73. The van der Waals surface area contributed by atoms with Gasteiger partial charge in [-0.1, -0.05) is 25.1 Å². The molecule has 0 saturated carbocycles. The van der Waals surface area contributed by atoms with E-state index >= 15 is 0 Å². The highest BCUT2D eigenvalue weighted by atomic mass is 16.5. The number of amides is 2. The molecule has 1 aromatic rings. The van der Waals surface area contributed by atoms with Crippen molar-refractivity contribution in [3.05, 3.63) is 29.8 Å². The van der Waals surface area contributed by atoms with Crippen LogP contribution < -0.4 is 10.1 Å². The first kappa shape index (κ1) is 18.0. The molecule has 0 unspecified atom stereocenters. The second kappa shape index (κ2) is 9.07. The van der Waals surface area contributed by atoms with E-state index in [9.17, 15) is 9.59 Å². The summed E-state index contributed by atoms with van der Waals surface area (Å²) in [5.41, 5.74) is 1.07. The number of likely N-dealkylation sites (N-methyl/N-ethyl adjacent to an activating group) is 1. The van der Waals surface area contributed by atoms with Gasteiger partial charge < -0.3 is 15.0 Å². The number of benzene rings is 1. The van der Waals surface area contributed by atoms with Crippen LogP contribution in [0.15, 0.2) is 24.3 Å². The fourth-order valence-electron chi connectivity index (χ4n) is 2.08. The van der Waals surface area contributed by atoms with Crippen LogP contribution in [0.4, 0.5) is 0 Å². The smallest absolute Gasteiger partial charge is 0.260 e. The van der Waals surface area contributed by atoms with Gasteiger partial charge in [0.25, 0.3) is 5.91 Å². The molecule has 0 spiro atoms. The van der Waals surface area contributed by atoms with Crippen molar-refractivity contribution in [2.24, 2.45) is 0 Å². The molecule has 22 heavy (non-hydrogen) atoms. The molecular weight excluding hydrogens is 280 g/mol. The van der Waals surface area contributed by atoms with Crippen LogP contribution >= 0.6 is 0 Å². The lowest BCUT2D eigenvalue weighted by molar-refractivity contribution is -0.137. The second-order valence-electron chi connectivity index (χ2n) is 5.38. The third kappa shape index (κ3) is 5.76. The van der Waals surface area contributed by atoms with Gasteiger partial charge in [0.05, 0.1) is 6.54 Å². The topological polar surface area (TPSA) is 58.6 Å². The summed E-state index contributed by atoms with van der Waals surface area (Å²) in [6.45, 7) is 8.15. The SMILES string of the molecule is CCc1ccccc1OCC(=O)N(CC)CC(=O)NC(C)C. The van der Waals surface area contributed by atoms with Gasteiger partial charge in [0.15, 0.2) is 6.61 Å². The third-order valence-electron chi connectivity index (χ3n) is 3.22. The van der Waals surface area contributed by atoms with E-state index in [-0.39, 0.29) is 31.0 Å². The summed E-state index contributed by atoms with van der Waals surface area (Å²) in [7, 11) is 0. The van der Waals surface area contributed by atoms with Crippen molar-refractivity contribution >= 4 is 11.8 Å². The largest absolute Gasteiger partial charge is 0.483 e. The number of para-hydroxylation sites is 1. The van der Waals surface area contributed by atoms with E-state index in [0.29, 0.717) is 6.54 Å². The van der Waals surface area contributed by atoms with Crippen LogP contribution in [0.25, 0.3) is 0 Å². The molecule has 0 aliphatic carbocycles. The van der Waals surface area contributed by atoms with E-state index in [0.717, 1.165) is 17.7 Å². The number of carbonyl (C=O) groups excluding carboxylic acids is 2. The molecule has 0 heterocycles. The minimum absolute atomic E-state index is 0.0557. The van der Waals surface area contributed by atoms with Crippen molar-refractivity contribution in [1.29, 1.82) is 0 Å². The summed E-state index contributed by atoms with van der Waals surface area (Å²) in [5.74, 6) is 0.382. The van der Waals surface area contributed by atoms with E-state index in [2.05, 4.69) is 5.32 Å². The monoisotopic (exact) mass is 306 g/mol. The van der Waals surface area contributed by atoms with Gasteiger partial charge in [-0.2, -0.15) is 0 Å². The van der Waals surface area contributed by atoms with Crippen molar-refractivity contribution in [3.8, 4) is 5.75 Å². The third-order valence-corrected chi connectivity index (χ3v) is 3.22. The van der Waals surface area contributed by atoms with Gasteiger partial charge in [-0.3, -0.25) is 9.59 Å². The molecule has 0 aliphatic heterocycles. The number of aryl methyl sites for hydroxylation is 1. The van der Waals surface area contributed by atoms with Gasteiger partial charge in [-0.05, 0) is 38.8 Å². The van der Waals surface area contributed by atoms with Crippen LogP contribution in [0.3, 0.4) is 0 Å². The molecule has 1 rings (SSSR count). The molecule has 0 fully saturated rings. The first-order valence-electron chi connectivity index (χ1n) is 7.75. The van der Waals surface area contributed by atoms with Crippen molar-refractivity contribution in [2.75, 3.05) is 19.7 Å². The van der Waals surface area contributed by atoms with Gasteiger partial charge in [0.1, 0.15) is 5.75 Å². The zero-order valence-corrected chi connectivity index (χ0v) is 13.9. The fourth-order valence-corrected chi connectivity index (χ4v) is 2.08. The molecule has 0 atom stereocenters. The number of ether oxygens (including phenoxy) is 1. The summed E-state index contributed by atoms with van der Waals surface area (Å²) >= 11 is 0. The molecule has 0 aromatic heterocycles. The van der Waals surface area contributed by atoms with Crippen LogP contribution in [0.5, 0.6) is 5.75 Å². The van der Waals surface area contributed by atoms with E-state index in [1.54, 1.807) is 0 Å². The zero-order valence-electron chi connectivity index (χ0n) is 13.9. The molecular formula is C17H26N2O3. The Morgan fingerprint density at radius 2 is 1.91 bits per heavy atom. The maximum atomic E-state index is 12.2. The molecule has 0 bridgehead atoms. The Morgan fingerprint density at radius 3 is 2.50 bits per heavy atom. The highest BCUT2D eigenvalue weighted by molar-refractivity contribution is 5.85. The van der Waals surface area contributed by atoms with Crippen LogP contribution in [-0.4, -0.2) is 42.5 Å². The molecule has 0 radical (unpaired) electrons. The fraction of sp³-hybridized carbons (Fsp3) is 0.529. The Labute approximate surface area is 132 Å². The first-order chi connectivity index (χ1) is 10.5. The predicted octanol–water partition coefficient (Wildman–Crippen LogP) is 2.00. The molecule has 0 saturated heterocycles. The number of rotatable bonds is 8. The number of hydrogen-bond acceptors (Lipinski definition) is 3. The maximum absolute atomic E-state index is 12.2. The summed E-state index contributed by atoms with van der Waals surface area (Å²) < 4.78 is 5.61. The van der Waals surface area contributed by atoms with Gasteiger partial charge in [-0.25, -0.2) is 0 Å². The number of hydrogen-bond donors (Lipinski definition) is 1. The Kier molecular flexibility index (Phi) is 7.43. The molecule has 1 aromatic carbocycles. The van der Waals surface area contributed by atoms with Crippen LogP contribution in [0.2, 0.25) is 0 Å². The van der Waals surface area contributed by atoms with E-state index in [1.807, 2.05) is 52.0 Å². The second-order valence-corrected chi connectivity index (χ2v) is 5.38. The van der Waals surface area contributed by atoms with Crippen molar-refractivity contribution in [1.82, 2.24) is 10.2 Å². The van der Waals surface area contributed by atoms with Crippen LogP contribution in [-0.2, 0) is 16.0 Å². The highest BCUT2D eigenvalue weighted by Gasteiger charge is 2.17. The van der Waals surface area contributed by atoms with E-state index in [4.69, 9.17) is 4.74 Å². The van der Waals surface area contributed by atoms with Crippen LogP contribution in [0, 0.1) is 0 Å². The number of nitrogens with one attached hydrogen (secondary N) is 1. The predicted molar refractivity (Wildman–Crippen MR) is 86.8 cm³/mol. The van der Waals surface area contributed by atoms with Crippen LogP contribution in [0.1, 0.15) is 33.3 Å². The first-order valence-corrected chi connectivity index (χ1v) is 7.75. The van der Waals surface area contributed by atoms with Gasteiger partial charge in [-0.15, -0.1) is 0 Å². The normalized spacial score (nSPS) is 10.4. The van der Waals surface area contributed by atoms with Gasteiger partial charge in [0, 0.05) is 12.6 Å². The Balaban J connectivity index is 2.56. The number of carbonyl (C=O) groups is 2. The summed E-state index contributed by atoms with van der Waals surface area (Å²) in [4.78, 5) is 25.4. The maximum Gasteiger partial charge on any atom is 0.260 e. The van der Waals surface area contributed by atoms with Gasteiger partial charge >= 0.3 is 0 Å². The molecule has 5 nitrogen and oxygen atoms in total. The van der Waals surface area contributed by atoms with E-state index < -0.39 is 0 Å². The minimum atomic E-state index is -0.188. The zero-order chi connectivity index (χ0) is 16.5. The molecule has 122 valence electrons. The number of nitrogens with zero attached hydrogens (tertiary/aromatic N) is 1. The highest BCUT2D eigenvalue weighted by Crippen LogP contribution is 2.18. The Morgan fingerprint density at radius 1 is 1.23 bits per heavy atom. The quantitative estimate of drug-likeness (QED) is 0.799. The summed E-state index contributed by atoms with van der Waals surface area (Å²) in [6.07, 6.45) is 0.846. The minimum Gasteiger partial charge on any atom is -0.483 e. The Bertz CT molecular complexity index is 500. The van der Waals surface area contributed by atoms with E-state index in [1.165, 1.54) is 4.90 Å². The lowest BCUT2D eigenvalue weighted by Crippen LogP contribution is -2.44. The lowest BCUT2D eigenvalue weighted by Gasteiger charge is -2.21. The van der Waals surface area contributed by atoms with Crippen molar-refractivity contribution in [3.63, 3.8) is 0 Å². The molecule has 2 amide bonds. The molecule has 1 N–H and O–H groups in total. The lowest BCUT2D eigenvalue weighted by atomic mass is 10.1.